The van der Waals surface area contributed by atoms with E-state index in [1.807, 2.05) is 0 Å². The molecule has 3 nitrogen and oxygen atoms in total. The first kappa shape index (κ1) is 16.0. The molecule has 1 aromatic carbocycles. The van der Waals surface area contributed by atoms with Crippen molar-refractivity contribution in [1.82, 2.24) is 10.6 Å². The lowest BCUT2D eigenvalue weighted by Gasteiger charge is -2.21. The molecule has 1 aromatic rings. The Bertz CT molecular complexity index is 386. The number of halogens is 1. The van der Waals surface area contributed by atoms with Crippen LogP contribution in [-0.2, 0) is 11.3 Å². The first-order chi connectivity index (χ1) is 8.74. The lowest BCUT2D eigenvalue weighted by atomic mass is 9.94. The Labute approximate surface area is 121 Å². The summed E-state index contributed by atoms with van der Waals surface area (Å²) < 4.78 is 0. The van der Waals surface area contributed by atoms with Crippen molar-refractivity contribution in [2.24, 2.45) is 5.92 Å². The van der Waals surface area contributed by atoms with E-state index in [1.54, 1.807) is 0 Å². The summed E-state index contributed by atoms with van der Waals surface area (Å²) in [5.74, 6) is 0.742. The fourth-order valence-corrected chi connectivity index (χ4v) is 2.33. The molecule has 106 valence electrons. The van der Waals surface area contributed by atoms with Gasteiger partial charge in [0.25, 0.3) is 0 Å². The van der Waals surface area contributed by atoms with E-state index in [4.69, 9.17) is 0 Å². The Kier molecular flexibility index (Phi) is 6.89. The SMILES string of the molecule is Cc1ccc(CNC(=O)CC2CCNCC2)cc1.Cl. The highest BCUT2D eigenvalue weighted by atomic mass is 35.5. The maximum absolute atomic E-state index is 11.8. The molecule has 0 aromatic heterocycles. The van der Waals surface area contributed by atoms with Crippen LogP contribution in [0.4, 0.5) is 0 Å². The van der Waals surface area contributed by atoms with Crippen LogP contribution in [0.5, 0.6) is 0 Å². The summed E-state index contributed by atoms with van der Waals surface area (Å²) in [4.78, 5) is 11.8. The van der Waals surface area contributed by atoms with E-state index in [0.717, 1.165) is 25.9 Å². The van der Waals surface area contributed by atoms with E-state index in [9.17, 15) is 4.79 Å². The van der Waals surface area contributed by atoms with E-state index in [-0.39, 0.29) is 18.3 Å². The van der Waals surface area contributed by atoms with Crippen molar-refractivity contribution in [3.8, 4) is 0 Å². The summed E-state index contributed by atoms with van der Waals surface area (Å²) in [5.41, 5.74) is 2.42. The second-order valence-corrected chi connectivity index (χ2v) is 5.16. The first-order valence-electron chi connectivity index (χ1n) is 6.77. The third kappa shape index (κ3) is 5.62. The van der Waals surface area contributed by atoms with Gasteiger partial charge >= 0.3 is 0 Å². The molecule has 1 aliphatic rings. The average Bonchev–Trinajstić information content (AvgIpc) is 2.39. The standard InChI is InChI=1S/C15H22N2O.ClH/c1-12-2-4-14(5-3-12)11-17-15(18)10-13-6-8-16-9-7-13;/h2-5,13,16H,6-11H2,1H3,(H,17,18);1H. The minimum absolute atomic E-state index is 0. The number of aryl methyl sites for hydroxylation is 1. The van der Waals surface area contributed by atoms with Crippen molar-refractivity contribution >= 4 is 18.3 Å². The molecule has 0 aliphatic carbocycles. The number of hydrogen-bond donors (Lipinski definition) is 2. The molecule has 0 bridgehead atoms. The molecule has 0 saturated carbocycles. The number of benzene rings is 1. The van der Waals surface area contributed by atoms with Gasteiger partial charge in [-0.1, -0.05) is 29.8 Å². The van der Waals surface area contributed by atoms with E-state index in [0.29, 0.717) is 18.9 Å². The van der Waals surface area contributed by atoms with Crippen LogP contribution in [0.1, 0.15) is 30.4 Å². The molecule has 4 heteroatoms. The normalized spacial score (nSPS) is 15.6. The molecule has 1 fully saturated rings. The summed E-state index contributed by atoms with van der Waals surface area (Å²) >= 11 is 0. The molecule has 2 rings (SSSR count). The van der Waals surface area contributed by atoms with Gasteiger partial charge in [-0.25, -0.2) is 0 Å². The minimum atomic E-state index is 0. The second-order valence-electron chi connectivity index (χ2n) is 5.16. The Morgan fingerprint density at radius 3 is 2.53 bits per heavy atom. The minimum Gasteiger partial charge on any atom is -0.352 e. The van der Waals surface area contributed by atoms with Gasteiger partial charge in [0.05, 0.1) is 0 Å². The van der Waals surface area contributed by atoms with Crippen molar-refractivity contribution in [1.29, 1.82) is 0 Å². The summed E-state index contributed by atoms with van der Waals surface area (Å²) in [6.45, 7) is 4.81. The molecular formula is C15H23ClN2O. The van der Waals surface area contributed by atoms with E-state index >= 15 is 0 Å². The van der Waals surface area contributed by atoms with E-state index in [1.165, 1.54) is 11.1 Å². The van der Waals surface area contributed by atoms with Gasteiger partial charge in [0.2, 0.25) is 5.91 Å². The van der Waals surface area contributed by atoms with Crippen LogP contribution in [0.25, 0.3) is 0 Å². The molecule has 1 heterocycles. The van der Waals surface area contributed by atoms with Crippen molar-refractivity contribution in [2.45, 2.75) is 32.7 Å². The summed E-state index contributed by atoms with van der Waals surface area (Å²) in [6.07, 6.45) is 2.92. The maximum Gasteiger partial charge on any atom is 0.220 e. The molecule has 0 radical (unpaired) electrons. The highest BCUT2D eigenvalue weighted by molar-refractivity contribution is 5.85. The molecule has 1 amide bonds. The molecular weight excluding hydrogens is 260 g/mol. The van der Waals surface area contributed by atoms with Crippen LogP contribution in [0.2, 0.25) is 0 Å². The average molecular weight is 283 g/mol. The predicted molar refractivity (Wildman–Crippen MR) is 80.5 cm³/mol. The number of rotatable bonds is 4. The first-order valence-corrected chi connectivity index (χ1v) is 6.77. The number of piperidine rings is 1. The quantitative estimate of drug-likeness (QED) is 0.890. The topological polar surface area (TPSA) is 41.1 Å². The monoisotopic (exact) mass is 282 g/mol. The summed E-state index contributed by atoms with van der Waals surface area (Å²) in [6, 6.07) is 8.29. The third-order valence-corrected chi connectivity index (χ3v) is 3.54. The van der Waals surface area contributed by atoms with Crippen LogP contribution in [0, 0.1) is 12.8 Å². The summed E-state index contributed by atoms with van der Waals surface area (Å²) in [5, 5.41) is 6.33. The number of carbonyl (C=O) groups excluding carboxylic acids is 1. The van der Waals surface area contributed by atoms with Crippen molar-refractivity contribution in [2.75, 3.05) is 13.1 Å². The van der Waals surface area contributed by atoms with Gasteiger partial charge in [-0.05, 0) is 44.3 Å². The van der Waals surface area contributed by atoms with Crippen LogP contribution in [-0.4, -0.2) is 19.0 Å². The van der Waals surface area contributed by atoms with Gasteiger partial charge in [0.1, 0.15) is 0 Å². The van der Waals surface area contributed by atoms with Crippen molar-refractivity contribution in [3.63, 3.8) is 0 Å². The molecule has 0 unspecified atom stereocenters. The Balaban J connectivity index is 0.00000180. The van der Waals surface area contributed by atoms with Gasteiger partial charge in [-0.2, -0.15) is 0 Å². The maximum atomic E-state index is 11.8. The zero-order chi connectivity index (χ0) is 12.8. The molecule has 1 saturated heterocycles. The van der Waals surface area contributed by atoms with Crippen LogP contribution < -0.4 is 10.6 Å². The van der Waals surface area contributed by atoms with Crippen molar-refractivity contribution in [3.05, 3.63) is 35.4 Å². The zero-order valence-corrected chi connectivity index (χ0v) is 12.3. The Morgan fingerprint density at radius 1 is 1.26 bits per heavy atom. The lowest BCUT2D eigenvalue weighted by Crippen LogP contribution is -2.32. The number of amides is 1. The number of nitrogens with one attached hydrogen (secondary N) is 2. The lowest BCUT2D eigenvalue weighted by molar-refractivity contribution is -0.122. The van der Waals surface area contributed by atoms with Gasteiger partial charge in [-0.15, -0.1) is 12.4 Å². The number of carbonyl (C=O) groups is 1. The smallest absolute Gasteiger partial charge is 0.220 e. The van der Waals surface area contributed by atoms with Crippen LogP contribution >= 0.6 is 12.4 Å². The van der Waals surface area contributed by atoms with Gasteiger partial charge in [0.15, 0.2) is 0 Å². The molecule has 19 heavy (non-hydrogen) atoms. The third-order valence-electron chi connectivity index (χ3n) is 3.54. The van der Waals surface area contributed by atoms with Gasteiger partial charge in [0, 0.05) is 13.0 Å². The fraction of sp³-hybridized carbons (Fsp3) is 0.533. The van der Waals surface area contributed by atoms with Crippen LogP contribution in [0.15, 0.2) is 24.3 Å². The highest BCUT2D eigenvalue weighted by Gasteiger charge is 2.16. The van der Waals surface area contributed by atoms with Crippen molar-refractivity contribution < 1.29 is 4.79 Å². The predicted octanol–water partition coefficient (Wildman–Crippen LogP) is 2.42. The van der Waals surface area contributed by atoms with Gasteiger partial charge < -0.3 is 10.6 Å². The Hall–Kier alpha value is -1.06. The number of hydrogen-bond acceptors (Lipinski definition) is 2. The molecule has 0 spiro atoms. The Morgan fingerprint density at radius 2 is 1.89 bits per heavy atom. The highest BCUT2D eigenvalue weighted by Crippen LogP contribution is 2.15. The van der Waals surface area contributed by atoms with E-state index in [2.05, 4.69) is 41.8 Å². The summed E-state index contributed by atoms with van der Waals surface area (Å²) in [7, 11) is 0. The van der Waals surface area contributed by atoms with Gasteiger partial charge in [-0.3, -0.25) is 4.79 Å². The zero-order valence-electron chi connectivity index (χ0n) is 11.4. The largest absolute Gasteiger partial charge is 0.352 e. The molecule has 0 atom stereocenters. The molecule has 1 aliphatic heterocycles. The van der Waals surface area contributed by atoms with Crippen LogP contribution in [0.3, 0.4) is 0 Å². The fourth-order valence-electron chi connectivity index (χ4n) is 2.33. The second kappa shape index (κ2) is 8.18. The van der Waals surface area contributed by atoms with E-state index < -0.39 is 0 Å². The molecule has 2 N–H and O–H groups in total.